The van der Waals surface area contributed by atoms with Crippen molar-refractivity contribution in [2.75, 3.05) is 27.9 Å². The molecule has 0 spiro atoms. The van der Waals surface area contributed by atoms with E-state index in [2.05, 4.69) is 17.0 Å². The summed E-state index contributed by atoms with van der Waals surface area (Å²) in [6.07, 6.45) is 0.982. The predicted molar refractivity (Wildman–Crippen MR) is 95.1 cm³/mol. The van der Waals surface area contributed by atoms with Gasteiger partial charge < -0.3 is 14.2 Å². The molecule has 132 valence electrons. The molecule has 0 unspecified atom stereocenters. The first-order valence-electron chi connectivity index (χ1n) is 8.28. The normalized spacial score (nSPS) is 13.9. The van der Waals surface area contributed by atoms with Gasteiger partial charge >= 0.3 is 5.97 Å². The van der Waals surface area contributed by atoms with Gasteiger partial charge in [0.05, 0.1) is 26.9 Å². The fourth-order valence-electron chi connectivity index (χ4n) is 3.20. The van der Waals surface area contributed by atoms with E-state index in [-0.39, 0.29) is 5.97 Å². The highest BCUT2D eigenvalue weighted by atomic mass is 16.5. The van der Waals surface area contributed by atoms with E-state index in [0.717, 1.165) is 37.6 Å². The van der Waals surface area contributed by atoms with Crippen molar-refractivity contribution in [2.24, 2.45) is 0 Å². The van der Waals surface area contributed by atoms with Crippen molar-refractivity contribution < 1.29 is 19.0 Å². The van der Waals surface area contributed by atoms with Gasteiger partial charge in [0.15, 0.2) is 11.5 Å². The summed E-state index contributed by atoms with van der Waals surface area (Å²) in [5.41, 5.74) is 4.34. The number of methoxy groups -OCH3 is 3. The molecule has 2 aromatic carbocycles. The van der Waals surface area contributed by atoms with Crippen molar-refractivity contribution in [1.82, 2.24) is 4.90 Å². The Hall–Kier alpha value is -2.53. The van der Waals surface area contributed by atoms with Crippen molar-refractivity contribution in [3.63, 3.8) is 0 Å². The van der Waals surface area contributed by atoms with Gasteiger partial charge in [-0.15, -0.1) is 0 Å². The Bertz CT molecular complexity index is 755. The summed E-state index contributed by atoms with van der Waals surface area (Å²) >= 11 is 0. The fourth-order valence-corrected chi connectivity index (χ4v) is 3.20. The van der Waals surface area contributed by atoms with Gasteiger partial charge in [0.25, 0.3) is 0 Å². The monoisotopic (exact) mass is 341 g/mol. The Balaban J connectivity index is 1.71. The molecule has 0 fully saturated rings. The first-order valence-corrected chi connectivity index (χ1v) is 8.28. The molecule has 0 saturated carbocycles. The summed E-state index contributed by atoms with van der Waals surface area (Å²) in [4.78, 5) is 13.9. The maximum atomic E-state index is 11.5. The third-order valence-electron chi connectivity index (χ3n) is 4.58. The van der Waals surface area contributed by atoms with Crippen molar-refractivity contribution in [1.29, 1.82) is 0 Å². The standard InChI is InChI=1S/C20H23NO4/c1-23-18-10-16-8-9-21(13-17(16)11-19(18)24-2)12-14-4-6-15(7-5-14)20(22)25-3/h4-7,10-11H,8-9,12-13H2,1-3H3. The zero-order valence-electron chi connectivity index (χ0n) is 14.9. The second-order valence-electron chi connectivity index (χ2n) is 6.13. The van der Waals surface area contributed by atoms with E-state index in [0.29, 0.717) is 5.56 Å². The third-order valence-corrected chi connectivity index (χ3v) is 4.58. The quantitative estimate of drug-likeness (QED) is 0.782. The lowest BCUT2D eigenvalue weighted by Crippen LogP contribution is -2.30. The molecule has 1 aliphatic rings. The summed E-state index contributed by atoms with van der Waals surface area (Å²) < 4.78 is 15.5. The highest BCUT2D eigenvalue weighted by molar-refractivity contribution is 5.89. The van der Waals surface area contributed by atoms with Crippen LogP contribution in [0.15, 0.2) is 36.4 Å². The predicted octanol–water partition coefficient (Wildman–Crippen LogP) is 3.05. The molecule has 3 rings (SSSR count). The van der Waals surface area contributed by atoms with Crippen LogP contribution in [-0.2, 0) is 24.2 Å². The lowest BCUT2D eigenvalue weighted by molar-refractivity contribution is 0.0600. The lowest BCUT2D eigenvalue weighted by atomic mass is 9.98. The van der Waals surface area contributed by atoms with Crippen LogP contribution in [0.25, 0.3) is 0 Å². The van der Waals surface area contributed by atoms with Gasteiger partial charge in [-0.2, -0.15) is 0 Å². The molecule has 0 radical (unpaired) electrons. The van der Waals surface area contributed by atoms with E-state index in [4.69, 9.17) is 14.2 Å². The lowest BCUT2D eigenvalue weighted by Gasteiger charge is -2.29. The smallest absolute Gasteiger partial charge is 0.337 e. The number of hydrogen-bond donors (Lipinski definition) is 0. The second-order valence-corrected chi connectivity index (χ2v) is 6.13. The van der Waals surface area contributed by atoms with E-state index >= 15 is 0 Å². The molecule has 0 bridgehead atoms. The minimum atomic E-state index is -0.306. The van der Waals surface area contributed by atoms with Gasteiger partial charge in [0, 0.05) is 19.6 Å². The molecule has 0 atom stereocenters. The number of ether oxygens (including phenoxy) is 3. The number of fused-ring (bicyclic) bond motifs is 1. The maximum absolute atomic E-state index is 11.5. The van der Waals surface area contributed by atoms with E-state index in [1.54, 1.807) is 14.2 Å². The molecule has 1 heterocycles. The molecule has 0 saturated heterocycles. The largest absolute Gasteiger partial charge is 0.493 e. The van der Waals surface area contributed by atoms with Crippen LogP contribution in [0, 0.1) is 0 Å². The number of esters is 1. The third kappa shape index (κ3) is 3.77. The zero-order valence-corrected chi connectivity index (χ0v) is 14.9. The molecule has 5 nitrogen and oxygen atoms in total. The molecule has 1 aliphatic heterocycles. The Morgan fingerprint density at radius 3 is 2.24 bits per heavy atom. The van der Waals surface area contributed by atoms with Crippen molar-refractivity contribution >= 4 is 5.97 Å². The minimum Gasteiger partial charge on any atom is -0.493 e. The summed E-state index contributed by atoms with van der Waals surface area (Å²) in [6, 6.07) is 11.7. The van der Waals surface area contributed by atoms with E-state index < -0.39 is 0 Å². The summed E-state index contributed by atoms with van der Waals surface area (Å²) in [6.45, 7) is 2.70. The van der Waals surface area contributed by atoms with E-state index in [1.165, 1.54) is 23.8 Å². The SMILES string of the molecule is COC(=O)c1ccc(CN2CCc3cc(OC)c(OC)cc3C2)cc1. The highest BCUT2D eigenvalue weighted by Crippen LogP contribution is 2.33. The van der Waals surface area contributed by atoms with Crippen LogP contribution in [0.4, 0.5) is 0 Å². The molecule has 25 heavy (non-hydrogen) atoms. The van der Waals surface area contributed by atoms with Crippen LogP contribution >= 0.6 is 0 Å². The number of nitrogens with zero attached hydrogens (tertiary/aromatic N) is 1. The van der Waals surface area contributed by atoms with Crippen LogP contribution in [0.5, 0.6) is 11.5 Å². The average molecular weight is 341 g/mol. The number of carbonyl (C=O) groups excluding carboxylic acids is 1. The van der Waals surface area contributed by atoms with Crippen LogP contribution in [0.1, 0.15) is 27.0 Å². The van der Waals surface area contributed by atoms with Crippen LogP contribution in [0.2, 0.25) is 0 Å². The molecule has 0 aromatic heterocycles. The van der Waals surface area contributed by atoms with Gasteiger partial charge in [0.2, 0.25) is 0 Å². The molecule has 2 aromatic rings. The second kappa shape index (κ2) is 7.57. The average Bonchev–Trinajstić information content (AvgIpc) is 2.66. The van der Waals surface area contributed by atoms with Gasteiger partial charge in [-0.1, -0.05) is 12.1 Å². The van der Waals surface area contributed by atoms with E-state index in [9.17, 15) is 4.79 Å². The Kier molecular flexibility index (Phi) is 5.24. The van der Waals surface area contributed by atoms with Crippen molar-refractivity contribution in [3.05, 3.63) is 58.7 Å². The summed E-state index contributed by atoms with van der Waals surface area (Å²) in [5.74, 6) is 1.25. The Labute approximate surface area is 148 Å². The molecule has 0 N–H and O–H groups in total. The first kappa shape index (κ1) is 17.3. The van der Waals surface area contributed by atoms with Crippen LogP contribution in [-0.4, -0.2) is 38.7 Å². The van der Waals surface area contributed by atoms with Gasteiger partial charge in [-0.3, -0.25) is 4.90 Å². The maximum Gasteiger partial charge on any atom is 0.337 e. The van der Waals surface area contributed by atoms with Crippen molar-refractivity contribution in [2.45, 2.75) is 19.5 Å². The fraction of sp³-hybridized carbons (Fsp3) is 0.350. The topological polar surface area (TPSA) is 48.0 Å². The number of carbonyl (C=O) groups is 1. The molecular formula is C20H23NO4. The molecular weight excluding hydrogens is 318 g/mol. The summed E-state index contributed by atoms with van der Waals surface area (Å²) in [7, 11) is 4.72. The Morgan fingerprint density at radius 2 is 1.64 bits per heavy atom. The highest BCUT2D eigenvalue weighted by Gasteiger charge is 2.19. The number of hydrogen-bond acceptors (Lipinski definition) is 5. The van der Waals surface area contributed by atoms with Gasteiger partial charge in [-0.05, 0) is 47.4 Å². The molecule has 0 aliphatic carbocycles. The van der Waals surface area contributed by atoms with E-state index in [1.807, 2.05) is 24.3 Å². The van der Waals surface area contributed by atoms with Crippen LogP contribution < -0.4 is 9.47 Å². The van der Waals surface area contributed by atoms with Crippen molar-refractivity contribution in [3.8, 4) is 11.5 Å². The minimum absolute atomic E-state index is 0.306. The number of benzene rings is 2. The van der Waals surface area contributed by atoms with Gasteiger partial charge in [0.1, 0.15) is 0 Å². The van der Waals surface area contributed by atoms with Gasteiger partial charge in [-0.25, -0.2) is 4.79 Å². The summed E-state index contributed by atoms with van der Waals surface area (Å²) in [5, 5.41) is 0. The Morgan fingerprint density at radius 1 is 1.00 bits per heavy atom. The number of rotatable bonds is 5. The molecule has 0 amide bonds. The first-order chi connectivity index (χ1) is 12.1. The zero-order chi connectivity index (χ0) is 17.8. The molecule has 5 heteroatoms. The van der Waals surface area contributed by atoms with Crippen LogP contribution in [0.3, 0.4) is 0 Å².